The molecule has 0 amide bonds. The van der Waals surface area contributed by atoms with Crippen LogP contribution in [0.25, 0.3) is 0 Å². The lowest BCUT2D eigenvalue weighted by atomic mass is 9.96. The first kappa shape index (κ1) is 13.9. The monoisotopic (exact) mass is 274 g/mol. The Morgan fingerprint density at radius 3 is 2.40 bits per heavy atom. The summed E-state index contributed by atoms with van der Waals surface area (Å²) < 4.78 is 0. The molecule has 2 aliphatic heterocycles. The highest BCUT2D eigenvalue weighted by Gasteiger charge is 2.35. The lowest BCUT2D eigenvalue weighted by Crippen LogP contribution is -2.49. The van der Waals surface area contributed by atoms with E-state index in [1.54, 1.807) is 12.1 Å². The molecule has 2 bridgehead atoms. The van der Waals surface area contributed by atoms with Crippen LogP contribution in [-0.2, 0) is 6.42 Å². The molecule has 3 rings (SSSR count). The van der Waals surface area contributed by atoms with Gasteiger partial charge in [0, 0.05) is 24.2 Å². The summed E-state index contributed by atoms with van der Waals surface area (Å²) >= 11 is 0. The summed E-state index contributed by atoms with van der Waals surface area (Å²) in [5.74, 6) is 0.352. The van der Waals surface area contributed by atoms with E-state index in [0.717, 1.165) is 24.5 Å². The zero-order valence-corrected chi connectivity index (χ0v) is 12.5. The molecule has 2 aliphatic rings. The van der Waals surface area contributed by atoms with E-state index >= 15 is 0 Å². The molecule has 110 valence electrons. The third kappa shape index (κ3) is 2.99. The van der Waals surface area contributed by atoms with Crippen molar-refractivity contribution in [3.63, 3.8) is 0 Å². The zero-order chi connectivity index (χ0) is 14.1. The molecule has 0 aromatic heterocycles. The molecule has 0 spiro atoms. The number of piperidine rings is 1. The largest absolute Gasteiger partial charge is 0.508 e. The molecule has 0 radical (unpaired) electrons. The fraction of sp³-hybridized carbons (Fsp3) is 0.647. The SMILES string of the molecule is CC(Cc1ccc(O)cc1)N(C)C1CC2CCC(C1)N2. The minimum Gasteiger partial charge on any atom is -0.508 e. The van der Waals surface area contributed by atoms with E-state index < -0.39 is 0 Å². The number of hydrogen-bond donors (Lipinski definition) is 2. The van der Waals surface area contributed by atoms with Gasteiger partial charge in [0.1, 0.15) is 5.75 Å². The fourth-order valence-corrected chi connectivity index (χ4v) is 3.84. The molecule has 2 heterocycles. The predicted octanol–water partition coefficient (Wildman–Crippen LogP) is 2.54. The van der Waals surface area contributed by atoms with E-state index in [9.17, 15) is 5.11 Å². The molecule has 2 fully saturated rings. The molecule has 3 nitrogen and oxygen atoms in total. The maximum Gasteiger partial charge on any atom is 0.115 e. The van der Waals surface area contributed by atoms with Crippen LogP contribution in [0, 0.1) is 0 Å². The number of phenolic OH excluding ortho intramolecular Hbond substituents is 1. The van der Waals surface area contributed by atoms with Crippen molar-refractivity contribution in [2.75, 3.05) is 7.05 Å². The van der Waals surface area contributed by atoms with Crippen LogP contribution >= 0.6 is 0 Å². The lowest BCUT2D eigenvalue weighted by molar-refractivity contribution is 0.132. The average molecular weight is 274 g/mol. The standard InChI is InChI=1S/C17H26N2O/c1-12(9-13-3-7-17(20)8-4-13)19(2)16-10-14-5-6-15(11-16)18-14/h3-4,7-8,12,14-16,18,20H,5-6,9-11H2,1-2H3. The molecule has 20 heavy (non-hydrogen) atoms. The van der Waals surface area contributed by atoms with Gasteiger partial charge in [-0.15, -0.1) is 0 Å². The molecule has 2 saturated heterocycles. The van der Waals surface area contributed by atoms with Gasteiger partial charge in [-0.05, 0) is 63.8 Å². The zero-order valence-electron chi connectivity index (χ0n) is 12.5. The van der Waals surface area contributed by atoms with Crippen molar-refractivity contribution in [3.8, 4) is 5.75 Å². The van der Waals surface area contributed by atoms with Crippen LogP contribution < -0.4 is 5.32 Å². The summed E-state index contributed by atoms with van der Waals surface area (Å²) in [5, 5.41) is 13.1. The first-order chi connectivity index (χ1) is 9.61. The van der Waals surface area contributed by atoms with Crippen molar-refractivity contribution in [1.82, 2.24) is 10.2 Å². The first-order valence-electron chi connectivity index (χ1n) is 7.87. The lowest BCUT2D eigenvalue weighted by Gasteiger charge is -2.39. The van der Waals surface area contributed by atoms with E-state index in [1.807, 2.05) is 12.1 Å². The van der Waals surface area contributed by atoms with E-state index in [1.165, 1.54) is 31.2 Å². The Kier molecular flexibility index (Phi) is 3.99. The molecule has 1 aromatic carbocycles. The van der Waals surface area contributed by atoms with Gasteiger partial charge in [0.2, 0.25) is 0 Å². The molecule has 0 saturated carbocycles. The minimum atomic E-state index is 0.352. The Balaban J connectivity index is 1.58. The Hall–Kier alpha value is -1.06. The van der Waals surface area contributed by atoms with Gasteiger partial charge in [-0.25, -0.2) is 0 Å². The van der Waals surface area contributed by atoms with Crippen molar-refractivity contribution >= 4 is 0 Å². The summed E-state index contributed by atoms with van der Waals surface area (Å²) in [6.45, 7) is 2.32. The average Bonchev–Trinajstić information content (AvgIpc) is 2.79. The van der Waals surface area contributed by atoms with Crippen LogP contribution in [0.15, 0.2) is 24.3 Å². The Bertz CT molecular complexity index is 433. The Morgan fingerprint density at radius 2 is 1.80 bits per heavy atom. The van der Waals surface area contributed by atoms with Crippen molar-refractivity contribution in [2.45, 2.75) is 63.2 Å². The second-order valence-electron chi connectivity index (χ2n) is 6.65. The van der Waals surface area contributed by atoms with Crippen molar-refractivity contribution in [2.24, 2.45) is 0 Å². The summed E-state index contributed by atoms with van der Waals surface area (Å²) in [6, 6.07) is 10.4. The van der Waals surface area contributed by atoms with Gasteiger partial charge in [-0.1, -0.05) is 12.1 Å². The molecule has 1 aromatic rings. The van der Waals surface area contributed by atoms with Gasteiger partial charge < -0.3 is 15.3 Å². The third-order valence-corrected chi connectivity index (χ3v) is 5.19. The smallest absolute Gasteiger partial charge is 0.115 e. The van der Waals surface area contributed by atoms with Gasteiger partial charge in [0.15, 0.2) is 0 Å². The van der Waals surface area contributed by atoms with Crippen LogP contribution in [0.3, 0.4) is 0 Å². The number of likely N-dealkylation sites (N-methyl/N-ethyl adjacent to an activating group) is 1. The number of phenols is 1. The van der Waals surface area contributed by atoms with Crippen molar-refractivity contribution in [3.05, 3.63) is 29.8 Å². The summed E-state index contributed by atoms with van der Waals surface area (Å²) in [4.78, 5) is 2.57. The van der Waals surface area contributed by atoms with Crippen molar-refractivity contribution < 1.29 is 5.11 Å². The summed E-state index contributed by atoms with van der Waals surface area (Å²) in [7, 11) is 2.28. The van der Waals surface area contributed by atoms with Gasteiger partial charge in [-0.3, -0.25) is 0 Å². The normalized spacial score (nSPS) is 30.6. The maximum absolute atomic E-state index is 9.35. The maximum atomic E-state index is 9.35. The number of fused-ring (bicyclic) bond motifs is 2. The molecule has 2 N–H and O–H groups in total. The number of benzene rings is 1. The highest BCUT2D eigenvalue weighted by molar-refractivity contribution is 5.26. The van der Waals surface area contributed by atoms with Crippen LogP contribution in [0.2, 0.25) is 0 Å². The van der Waals surface area contributed by atoms with Gasteiger partial charge >= 0.3 is 0 Å². The molecule has 0 aliphatic carbocycles. The summed E-state index contributed by atoms with van der Waals surface area (Å²) in [5.41, 5.74) is 1.30. The molecule has 3 heteroatoms. The molecular formula is C17H26N2O. The van der Waals surface area contributed by atoms with Gasteiger partial charge in [-0.2, -0.15) is 0 Å². The minimum absolute atomic E-state index is 0.352. The highest BCUT2D eigenvalue weighted by Crippen LogP contribution is 2.30. The van der Waals surface area contributed by atoms with Crippen LogP contribution in [0.1, 0.15) is 38.2 Å². The number of rotatable bonds is 4. The number of aromatic hydroxyl groups is 1. The first-order valence-corrected chi connectivity index (χ1v) is 7.87. The third-order valence-electron chi connectivity index (χ3n) is 5.19. The number of hydrogen-bond acceptors (Lipinski definition) is 3. The van der Waals surface area contributed by atoms with E-state index in [4.69, 9.17) is 0 Å². The van der Waals surface area contributed by atoms with Gasteiger partial charge in [0.05, 0.1) is 0 Å². The molecular weight excluding hydrogens is 248 g/mol. The number of nitrogens with one attached hydrogen (secondary N) is 1. The predicted molar refractivity (Wildman–Crippen MR) is 82.0 cm³/mol. The molecule has 3 unspecified atom stereocenters. The molecule has 3 atom stereocenters. The second-order valence-corrected chi connectivity index (χ2v) is 6.65. The quantitative estimate of drug-likeness (QED) is 0.885. The second kappa shape index (κ2) is 5.74. The van der Waals surface area contributed by atoms with Crippen molar-refractivity contribution in [1.29, 1.82) is 0 Å². The number of nitrogens with zero attached hydrogens (tertiary/aromatic N) is 1. The fourth-order valence-electron chi connectivity index (χ4n) is 3.84. The van der Waals surface area contributed by atoms with E-state index in [-0.39, 0.29) is 0 Å². The Morgan fingerprint density at radius 1 is 1.20 bits per heavy atom. The topological polar surface area (TPSA) is 35.5 Å². The van der Waals surface area contributed by atoms with Crippen LogP contribution in [0.5, 0.6) is 5.75 Å². The van der Waals surface area contributed by atoms with E-state index in [2.05, 4.69) is 24.2 Å². The van der Waals surface area contributed by atoms with Gasteiger partial charge in [0.25, 0.3) is 0 Å². The van der Waals surface area contributed by atoms with Crippen LogP contribution in [-0.4, -0.2) is 41.2 Å². The van der Waals surface area contributed by atoms with E-state index in [0.29, 0.717) is 11.8 Å². The Labute approximate surface area is 122 Å². The summed E-state index contributed by atoms with van der Waals surface area (Å²) in [6.07, 6.45) is 6.37. The van der Waals surface area contributed by atoms with Crippen LogP contribution in [0.4, 0.5) is 0 Å². The highest BCUT2D eigenvalue weighted by atomic mass is 16.3.